The number of carbonyl (C=O) groups is 1. The predicted octanol–water partition coefficient (Wildman–Crippen LogP) is 1.02. The van der Waals surface area contributed by atoms with Crippen molar-refractivity contribution in [1.29, 1.82) is 0 Å². The molecule has 0 aliphatic carbocycles. The molecule has 1 rings (SSSR count). The highest BCUT2D eigenvalue weighted by atomic mass is 35.5. The minimum Gasteiger partial charge on any atom is -0.494 e. The van der Waals surface area contributed by atoms with Gasteiger partial charge in [-0.1, -0.05) is 0 Å². The highest BCUT2D eigenvalue weighted by Crippen LogP contribution is 2.28. The van der Waals surface area contributed by atoms with Gasteiger partial charge in [-0.15, -0.1) is 11.6 Å². The number of nitrogens with two attached hydrogens (primary N) is 2. The number of primary amides is 1. The third-order valence-electron chi connectivity index (χ3n) is 1.87. The van der Waals surface area contributed by atoms with Gasteiger partial charge in [-0.2, -0.15) is 0 Å². The SMILES string of the molecule is COc1cc(C(N)=O)ccc1N=C(N)CCl. The number of amidine groups is 1. The number of ether oxygens (including phenoxy) is 1. The van der Waals surface area contributed by atoms with Crippen LogP contribution < -0.4 is 16.2 Å². The van der Waals surface area contributed by atoms with E-state index in [-0.39, 0.29) is 11.7 Å². The Labute approximate surface area is 98.0 Å². The minimum absolute atomic E-state index is 0.126. The Kier molecular flexibility index (Phi) is 4.13. The molecule has 0 saturated carbocycles. The zero-order valence-electron chi connectivity index (χ0n) is 8.74. The van der Waals surface area contributed by atoms with Gasteiger partial charge in [-0.3, -0.25) is 4.79 Å². The van der Waals surface area contributed by atoms with Crippen LogP contribution in [0.2, 0.25) is 0 Å². The van der Waals surface area contributed by atoms with E-state index in [0.717, 1.165) is 0 Å². The molecule has 0 heterocycles. The number of carbonyl (C=O) groups excluding carboxylic acids is 1. The van der Waals surface area contributed by atoms with E-state index in [1.165, 1.54) is 13.2 Å². The van der Waals surface area contributed by atoms with Crippen molar-refractivity contribution in [2.45, 2.75) is 0 Å². The number of benzene rings is 1. The second-order valence-electron chi connectivity index (χ2n) is 2.99. The highest BCUT2D eigenvalue weighted by molar-refractivity contribution is 6.28. The smallest absolute Gasteiger partial charge is 0.248 e. The normalized spacial score (nSPS) is 11.2. The fourth-order valence-corrected chi connectivity index (χ4v) is 1.17. The largest absolute Gasteiger partial charge is 0.494 e. The maximum Gasteiger partial charge on any atom is 0.248 e. The fraction of sp³-hybridized carbons (Fsp3) is 0.200. The van der Waals surface area contributed by atoms with Crippen LogP contribution in [-0.4, -0.2) is 24.7 Å². The van der Waals surface area contributed by atoms with E-state index in [1.54, 1.807) is 12.1 Å². The summed E-state index contributed by atoms with van der Waals surface area (Å²) in [7, 11) is 1.47. The van der Waals surface area contributed by atoms with Crippen LogP contribution in [0.25, 0.3) is 0 Å². The quantitative estimate of drug-likeness (QED) is 0.468. The van der Waals surface area contributed by atoms with Crippen molar-refractivity contribution in [3.05, 3.63) is 23.8 Å². The van der Waals surface area contributed by atoms with Crippen LogP contribution in [0.4, 0.5) is 5.69 Å². The molecule has 0 atom stereocenters. The summed E-state index contributed by atoms with van der Waals surface area (Å²) in [5, 5.41) is 0. The summed E-state index contributed by atoms with van der Waals surface area (Å²) in [5.41, 5.74) is 11.5. The minimum atomic E-state index is -0.529. The summed E-state index contributed by atoms with van der Waals surface area (Å²) in [6.45, 7) is 0. The average Bonchev–Trinajstić information content (AvgIpc) is 2.29. The Morgan fingerprint density at radius 2 is 2.19 bits per heavy atom. The van der Waals surface area contributed by atoms with Gasteiger partial charge >= 0.3 is 0 Å². The van der Waals surface area contributed by atoms with Crippen molar-refractivity contribution in [1.82, 2.24) is 0 Å². The molecule has 0 radical (unpaired) electrons. The summed E-state index contributed by atoms with van der Waals surface area (Å²) < 4.78 is 5.07. The molecule has 1 amide bonds. The predicted molar refractivity (Wildman–Crippen MR) is 63.5 cm³/mol. The van der Waals surface area contributed by atoms with Crippen LogP contribution in [0, 0.1) is 0 Å². The van der Waals surface area contributed by atoms with Crippen molar-refractivity contribution >= 4 is 29.0 Å². The van der Waals surface area contributed by atoms with E-state index < -0.39 is 5.91 Å². The number of alkyl halides is 1. The molecule has 0 bridgehead atoms. The summed E-state index contributed by atoms with van der Waals surface area (Å²) in [6, 6.07) is 4.65. The van der Waals surface area contributed by atoms with Crippen LogP contribution in [0.5, 0.6) is 5.75 Å². The van der Waals surface area contributed by atoms with Crippen LogP contribution in [-0.2, 0) is 0 Å². The lowest BCUT2D eigenvalue weighted by Gasteiger charge is -2.06. The number of nitrogens with zero attached hydrogens (tertiary/aromatic N) is 1. The van der Waals surface area contributed by atoms with Gasteiger partial charge in [0, 0.05) is 5.56 Å². The Morgan fingerprint density at radius 1 is 1.50 bits per heavy atom. The molecule has 0 spiro atoms. The topological polar surface area (TPSA) is 90.7 Å². The molecule has 6 heteroatoms. The lowest BCUT2D eigenvalue weighted by molar-refractivity contribution is 0.1000. The summed E-state index contributed by atoms with van der Waals surface area (Å²) in [5.74, 6) is 0.288. The first kappa shape index (κ1) is 12.3. The first-order valence-electron chi connectivity index (χ1n) is 4.45. The van der Waals surface area contributed by atoms with Gasteiger partial charge in [0.1, 0.15) is 17.3 Å². The van der Waals surface area contributed by atoms with Gasteiger partial charge < -0.3 is 16.2 Å². The molecule has 0 saturated heterocycles. The maximum absolute atomic E-state index is 10.9. The third kappa shape index (κ3) is 2.87. The molecule has 16 heavy (non-hydrogen) atoms. The molecular formula is C10H12ClN3O2. The van der Waals surface area contributed by atoms with E-state index in [1.807, 2.05) is 0 Å². The molecule has 0 aliphatic rings. The molecule has 0 unspecified atom stereocenters. The summed E-state index contributed by atoms with van der Waals surface area (Å²) >= 11 is 5.51. The number of hydrogen-bond acceptors (Lipinski definition) is 3. The lowest BCUT2D eigenvalue weighted by Crippen LogP contribution is -2.13. The van der Waals surface area contributed by atoms with Gasteiger partial charge in [0.05, 0.1) is 13.0 Å². The van der Waals surface area contributed by atoms with E-state index in [2.05, 4.69) is 4.99 Å². The zero-order chi connectivity index (χ0) is 12.1. The number of methoxy groups -OCH3 is 1. The molecule has 0 aliphatic heterocycles. The van der Waals surface area contributed by atoms with Crippen LogP contribution in [0.15, 0.2) is 23.2 Å². The van der Waals surface area contributed by atoms with Gasteiger partial charge in [-0.25, -0.2) is 4.99 Å². The van der Waals surface area contributed by atoms with E-state index in [0.29, 0.717) is 17.0 Å². The number of halogens is 1. The summed E-state index contributed by atoms with van der Waals surface area (Å²) in [6.07, 6.45) is 0. The van der Waals surface area contributed by atoms with Crippen molar-refractivity contribution in [2.24, 2.45) is 16.5 Å². The highest BCUT2D eigenvalue weighted by Gasteiger charge is 2.07. The zero-order valence-corrected chi connectivity index (χ0v) is 9.49. The molecule has 0 fully saturated rings. The average molecular weight is 242 g/mol. The van der Waals surface area contributed by atoms with Gasteiger partial charge in [0.15, 0.2) is 0 Å². The summed E-state index contributed by atoms with van der Waals surface area (Å²) in [4.78, 5) is 15.0. The van der Waals surface area contributed by atoms with Crippen LogP contribution in [0.3, 0.4) is 0 Å². The number of hydrogen-bond donors (Lipinski definition) is 2. The second kappa shape index (κ2) is 5.37. The Hall–Kier alpha value is -1.75. The molecular weight excluding hydrogens is 230 g/mol. The molecule has 4 N–H and O–H groups in total. The lowest BCUT2D eigenvalue weighted by atomic mass is 10.2. The molecule has 5 nitrogen and oxygen atoms in total. The van der Waals surface area contributed by atoms with E-state index in [9.17, 15) is 4.79 Å². The van der Waals surface area contributed by atoms with E-state index >= 15 is 0 Å². The van der Waals surface area contributed by atoms with Crippen molar-refractivity contribution in [3.63, 3.8) is 0 Å². The monoisotopic (exact) mass is 241 g/mol. The van der Waals surface area contributed by atoms with E-state index in [4.69, 9.17) is 27.8 Å². The van der Waals surface area contributed by atoms with Crippen molar-refractivity contribution in [3.8, 4) is 5.75 Å². The van der Waals surface area contributed by atoms with Crippen LogP contribution in [0.1, 0.15) is 10.4 Å². The van der Waals surface area contributed by atoms with Crippen molar-refractivity contribution < 1.29 is 9.53 Å². The van der Waals surface area contributed by atoms with Gasteiger partial charge in [0.25, 0.3) is 0 Å². The first-order chi connectivity index (χ1) is 7.58. The number of aliphatic imine (C=N–C) groups is 1. The first-order valence-corrected chi connectivity index (χ1v) is 4.98. The molecule has 1 aromatic carbocycles. The van der Waals surface area contributed by atoms with Crippen molar-refractivity contribution in [2.75, 3.05) is 13.0 Å². The van der Waals surface area contributed by atoms with Gasteiger partial charge in [0.2, 0.25) is 5.91 Å². The maximum atomic E-state index is 10.9. The second-order valence-corrected chi connectivity index (χ2v) is 3.25. The molecule has 0 aromatic heterocycles. The molecule has 86 valence electrons. The number of rotatable bonds is 4. The Morgan fingerprint density at radius 3 is 2.69 bits per heavy atom. The Balaban J connectivity index is 3.17. The Bertz CT molecular complexity index is 432. The van der Waals surface area contributed by atoms with Crippen LogP contribution >= 0.6 is 11.6 Å². The standard InChI is InChI=1S/C10H12ClN3O2/c1-16-8-4-6(10(13)15)2-3-7(8)14-9(12)5-11/h2-4H,5H2,1H3,(H2,12,14)(H2,13,15). The molecule has 1 aromatic rings. The fourth-order valence-electron chi connectivity index (χ4n) is 1.11. The number of amides is 1. The third-order valence-corrected chi connectivity index (χ3v) is 2.14. The van der Waals surface area contributed by atoms with Gasteiger partial charge in [-0.05, 0) is 18.2 Å².